The second kappa shape index (κ2) is 4.91. The first kappa shape index (κ1) is 11.7. The Bertz CT molecular complexity index is 425. The normalized spacial score (nSPS) is 9.56. The van der Waals surface area contributed by atoms with Gasteiger partial charge in [-0.3, -0.25) is 9.59 Å². The number of nitrogens with one attached hydrogen (secondary N) is 2. The van der Waals surface area contributed by atoms with Crippen LogP contribution in [0.2, 0.25) is 0 Å². The number of carboxylic acids is 1. The first-order chi connectivity index (χ1) is 7.54. The van der Waals surface area contributed by atoms with Crippen LogP contribution in [-0.4, -0.2) is 41.6 Å². The van der Waals surface area contributed by atoms with Gasteiger partial charge in [0, 0.05) is 13.1 Å². The van der Waals surface area contributed by atoms with E-state index in [0.29, 0.717) is 0 Å². The Morgan fingerprint density at radius 1 is 1.50 bits per heavy atom. The molecule has 8 heteroatoms. The number of hydrogen-bond donors (Lipinski definition) is 3. The summed E-state index contributed by atoms with van der Waals surface area (Å²) >= 11 is 0. The average Bonchev–Trinajstić information content (AvgIpc) is 2.74. The maximum atomic E-state index is 11.3. The summed E-state index contributed by atoms with van der Waals surface area (Å²) in [4.78, 5) is 32.5. The summed E-state index contributed by atoms with van der Waals surface area (Å²) in [5.41, 5.74) is -0.193. The predicted octanol–water partition coefficient (Wildman–Crippen LogP) is -1.15. The number of aromatic carboxylic acids is 1. The number of carbonyl (C=O) groups is 3. The largest absolute Gasteiger partial charge is 0.475 e. The van der Waals surface area contributed by atoms with Gasteiger partial charge in [-0.05, 0) is 0 Å². The van der Waals surface area contributed by atoms with Crippen molar-refractivity contribution in [2.45, 2.75) is 0 Å². The van der Waals surface area contributed by atoms with Crippen molar-refractivity contribution < 1.29 is 24.0 Å². The van der Waals surface area contributed by atoms with Gasteiger partial charge in [0.15, 0.2) is 5.69 Å². The standard InChI is InChI=1S/C8H9N3O5/c1-9-6(12)3-10-7(13)4-2-5(8(14)15)16-11-4/h2H,3H2,1H3,(H,9,12)(H,10,13)(H,14,15). The minimum Gasteiger partial charge on any atom is -0.475 e. The van der Waals surface area contributed by atoms with Crippen LogP contribution in [-0.2, 0) is 4.79 Å². The number of hydrogen-bond acceptors (Lipinski definition) is 5. The van der Waals surface area contributed by atoms with E-state index in [4.69, 9.17) is 5.11 Å². The van der Waals surface area contributed by atoms with Gasteiger partial charge in [0.2, 0.25) is 11.7 Å². The second-order valence-corrected chi connectivity index (χ2v) is 2.74. The zero-order valence-corrected chi connectivity index (χ0v) is 8.31. The summed E-state index contributed by atoms with van der Waals surface area (Å²) in [5.74, 6) is -2.82. The molecular weight excluding hydrogens is 218 g/mol. The number of carbonyl (C=O) groups excluding carboxylic acids is 2. The molecule has 0 saturated carbocycles. The van der Waals surface area contributed by atoms with Gasteiger partial charge in [-0.15, -0.1) is 0 Å². The van der Waals surface area contributed by atoms with Gasteiger partial charge in [-0.25, -0.2) is 4.79 Å². The van der Waals surface area contributed by atoms with E-state index in [1.807, 2.05) is 0 Å². The van der Waals surface area contributed by atoms with E-state index >= 15 is 0 Å². The van der Waals surface area contributed by atoms with E-state index in [9.17, 15) is 14.4 Å². The molecule has 0 aliphatic rings. The Morgan fingerprint density at radius 3 is 2.69 bits per heavy atom. The van der Waals surface area contributed by atoms with Crippen molar-refractivity contribution in [3.63, 3.8) is 0 Å². The van der Waals surface area contributed by atoms with Crippen molar-refractivity contribution in [3.05, 3.63) is 17.5 Å². The van der Waals surface area contributed by atoms with E-state index in [2.05, 4.69) is 20.3 Å². The minimum absolute atomic E-state index is 0.193. The lowest BCUT2D eigenvalue weighted by atomic mass is 10.3. The predicted molar refractivity (Wildman–Crippen MR) is 49.9 cm³/mol. The molecule has 0 radical (unpaired) electrons. The summed E-state index contributed by atoms with van der Waals surface area (Å²) in [7, 11) is 1.42. The molecule has 1 aromatic heterocycles. The number of rotatable bonds is 4. The van der Waals surface area contributed by atoms with Crippen molar-refractivity contribution in [3.8, 4) is 0 Å². The van der Waals surface area contributed by atoms with Gasteiger partial charge >= 0.3 is 5.97 Å². The summed E-state index contributed by atoms with van der Waals surface area (Å²) in [6.45, 7) is -0.218. The molecule has 2 amide bonds. The van der Waals surface area contributed by atoms with Crippen molar-refractivity contribution in [1.29, 1.82) is 0 Å². The van der Waals surface area contributed by atoms with Crippen LogP contribution in [0.1, 0.15) is 21.0 Å². The van der Waals surface area contributed by atoms with Crippen LogP contribution < -0.4 is 10.6 Å². The topological polar surface area (TPSA) is 122 Å². The Hall–Kier alpha value is -2.38. The molecule has 0 unspecified atom stereocenters. The third-order valence-electron chi connectivity index (χ3n) is 1.64. The Morgan fingerprint density at radius 2 is 2.19 bits per heavy atom. The van der Waals surface area contributed by atoms with Crippen LogP contribution >= 0.6 is 0 Å². The lowest BCUT2D eigenvalue weighted by molar-refractivity contribution is -0.119. The molecule has 0 atom stereocenters. The first-order valence-corrected chi connectivity index (χ1v) is 4.23. The quantitative estimate of drug-likeness (QED) is 0.597. The fraction of sp³-hybridized carbons (Fsp3) is 0.250. The molecule has 3 N–H and O–H groups in total. The highest BCUT2D eigenvalue weighted by Gasteiger charge is 2.16. The average molecular weight is 227 g/mol. The van der Waals surface area contributed by atoms with E-state index in [1.54, 1.807) is 0 Å². The van der Waals surface area contributed by atoms with E-state index in [-0.39, 0.29) is 18.1 Å². The van der Waals surface area contributed by atoms with E-state index in [0.717, 1.165) is 6.07 Å². The zero-order valence-electron chi connectivity index (χ0n) is 8.31. The zero-order chi connectivity index (χ0) is 12.1. The van der Waals surface area contributed by atoms with Gasteiger partial charge < -0.3 is 20.3 Å². The highest BCUT2D eigenvalue weighted by molar-refractivity contribution is 5.96. The highest BCUT2D eigenvalue weighted by Crippen LogP contribution is 2.02. The van der Waals surface area contributed by atoms with Crippen molar-refractivity contribution in [2.75, 3.05) is 13.6 Å². The number of nitrogens with zero attached hydrogens (tertiary/aromatic N) is 1. The lowest BCUT2D eigenvalue weighted by Crippen LogP contribution is -2.35. The number of likely N-dealkylation sites (N-methyl/N-ethyl adjacent to an activating group) is 1. The molecule has 86 valence electrons. The molecule has 1 heterocycles. The summed E-state index contributed by atoms with van der Waals surface area (Å²) in [6, 6.07) is 0.974. The SMILES string of the molecule is CNC(=O)CNC(=O)c1cc(C(=O)O)on1. The van der Waals surface area contributed by atoms with Crippen molar-refractivity contribution in [2.24, 2.45) is 0 Å². The molecule has 0 aliphatic carbocycles. The van der Waals surface area contributed by atoms with Gasteiger partial charge in [0.05, 0.1) is 6.54 Å². The summed E-state index contributed by atoms with van der Waals surface area (Å²) in [5, 5.41) is 16.3. The summed E-state index contributed by atoms with van der Waals surface area (Å²) < 4.78 is 4.37. The van der Waals surface area contributed by atoms with Crippen LogP contribution in [0.3, 0.4) is 0 Å². The second-order valence-electron chi connectivity index (χ2n) is 2.74. The molecule has 0 saturated heterocycles. The smallest absolute Gasteiger partial charge is 0.374 e. The molecule has 0 aliphatic heterocycles. The van der Waals surface area contributed by atoms with E-state index in [1.165, 1.54) is 7.05 Å². The molecule has 1 aromatic rings. The maximum absolute atomic E-state index is 11.3. The fourth-order valence-electron chi connectivity index (χ4n) is 0.823. The van der Waals surface area contributed by atoms with Gasteiger partial charge in [-0.2, -0.15) is 0 Å². The van der Waals surface area contributed by atoms with Gasteiger partial charge in [0.25, 0.3) is 5.91 Å². The van der Waals surface area contributed by atoms with Crippen molar-refractivity contribution >= 4 is 17.8 Å². The van der Waals surface area contributed by atoms with Crippen LogP contribution in [0, 0.1) is 0 Å². The van der Waals surface area contributed by atoms with Crippen LogP contribution in [0.5, 0.6) is 0 Å². The lowest BCUT2D eigenvalue weighted by Gasteiger charge is -2.00. The Balaban J connectivity index is 2.59. The molecule has 8 nitrogen and oxygen atoms in total. The molecule has 16 heavy (non-hydrogen) atoms. The highest BCUT2D eigenvalue weighted by atomic mass is 16.5. The third-order valence-corrected chi connectivity index (χ3v) is 1.64. The Labute approximate surface area is 89.6 Å². The Kier molecular flexibility index (Phi) is 3.59. The first-order valence-electron chi connectivity index (χ1n) is 4.23. The van der Waals surface area contributed by atoms with Crippen LogP contribution in [0.15, 0.2) is 10.6 Å². The fourth-order valence-corrected chi connectivity index (χ4v) is 0.823. The molecule has 0 bridgehead atoms. The van der Waals surface area contributed by atoms with E-state index < -0.39 is 17.6 Å². The monoisotopic (exact) mass is 227 g/mol. The van der Waals surface area contributed by atoms with Gasteiger partial charge in [-0.1, -0.05) is 5.16 Å². The van der Waals surface area contributed by atoms with Crippen LogP contribution in [0.25, 0.3) is 0 Å². The molecule has 1 rings (SSSR count). The van der Waals surface area contributed by atoms with Gasteiger partial charge in [0.1, 0.15) is 0 Å². The summed E-state index contributed by atoms with van der Waals surface area (Å²) in [6.07, 6.45) is 0. The van der Waals surface area contributed by atoms with Crippen LogP contribution in [0.4, 0.5) is 0 Å². The minimum atomic E-state index is -1.32. The number of carboxylic acid groups (broad SMARTS) is 1. The molecule has 0 spiro atoms. The molecule has 0 fully saturated rings. The third kappa shape index (κ3) is 2.80. The molecule has 0 aromatic carbocycles. The van der Waals surface area contributed by atoms with Crippen molar-refractivity contribution in [1.82, 2.24) is 15.8 Å². The molecular formula is C8H9N3O5. The number of amides is 2. The number of aromatic nitrogens is 1. The maximum Gasteiger partial charge on any atom is 0.374 e.